The van der Waals surface area contributed by atoms with Crippen molar-refractivity contribution in [3.8, 4) is 0 Å². The fraction of sp³-hybridized carbons (Fsp3) is 0.481. The molecule has 0 aromatic heterocycles. The number of carbonyl (C=O) groups excluding carboxylic acids is 2. The largest absolute Gasteiger partial charge is 0.378 e. The van der Waals surface area contributed by atoms with E-state index in [1.165, 1.54) is 43.4 Å². The van der Waals surface area contributed by atoms with Gasteiger partial charge in [-0.05, 0) is 80.5 Å². The number of likely N-dealkylation sites (N-methyl/N-ethyl adjacent to an activating group) is 1. The van der Waals surface area contributed by atoms with Crippen LogP contribution in [0.4, 0.5) is 17.1 Å². The highest BCUT2D eigenvalue weighted by Gasteiger charge is 2.51. The Hall–Kier alpha value is -2.73. The zero-order valence-corrected chi connectivity index (χ0v) is 20.4. The smallest absolute Gasteiger partial charge is 0.244 e. The summed E-state index contributed by atoms with van der Waals surface area (Å²) in [5, 5.41) is 10.4. The molecule has 0 heterocycles. The fourth-order valence-electron chi connectivity index (χ4n) is 6.66. The number of rotatable bonds is 8. The minimum Gasteiger partial charge on any atom is -0.378 e. The summed E-state index contributed by atoms with van der Waals surface area (Å²) in [6.07, 6.45) is 8.00. The Morgan fingerprint density at radius 1 is 0.912 bits per heavy atom. The quantitative estimate of drug-likeness (QED) is 0.483. The maximum atomic E-state index is 12.7. The lowest BCUT2D eigenvalue weighted by molar-refractivity contribution is -0.131. The van der Waals surface area contributed by atoms with E-state index in [1.54, 1.807) is 31.3 Å². The molecule has 2 aromatic carbocycles. The van der Waals surface area contributed by atoms with Gasteiger partial charge in [0.25, 0.3) is 0 Å². The molecule has 0 unspecified atom stereocenters. The Morgan fingerprint density at radius 2 is 1.47 bits per heavy atom. The molecule has 4 fully saturated rings. The summed E-state index contributed by atoms with van der Waals surface area (Å²) in [6.45, 7) is 0.0777. The molecule has 7 heteroatoms. The Bertz CT molecular complexity index is 1040. The lowest BCUT2D eigenvalue weighted by Crippen LogP contribution is -2.54. The van der Waals surface area contributed by atoms with E-state index in [1.807, 2.05) is 18.2 Å². The lowest BCUT2D eigenvalue weighted by atomic mass is 9.53. The standard InChI is InChI=1S/C27H33ClN4O2/c1-32(17-25(33)30-22-7-3-2-6-21(22)28)26(34)16-29-23-8-4-5-9-24(23)31-27-13-18-10-19(14-27)12-20(11-18)15-27/h2-9,18-20,29,31H,10-17H2,1H3,(H,30,33). The third-order valence-electron chi connectivity index (χ3n) is 7.75. The maximum absolute atomic E-state index is 12.7. The van der Waals surface area contributed by atoms with Crippen LogP contribution < -0.4 is 16.0 Å². The number of nitrogens with zero attached hydrogens (tertiary/aromatic N) is 1. The van der Waals surface area contributed by atoms with E-state index < -0.39 is 0 Å². The first-order valence-corrected chi connectivity index (χ1v) is 12.7. The molecule has 0 atom stereocenters. The molecule has 6 rings (SSSR count). The van der Waals surface area contributed by atoms with Crippen molar-refractivity contribution in [2.45, 2.75) is 44.1 Å². The van der Waals surface area contributed by atoms with Crippen molar-refractivity contribution < 1.29 is 9.59 Å². The van der Waals surface area contributed by atoms with Gasteiger partial charge in [-0.2, -0.15) is 0 Å². The van der Waals surface area contributed by atoms with Crippen molar-refractivity contribution >= 4 is 40.5 Å². The van der Waals surface area contributed by atoms with Crippen LogP contribution in [0.3, 0.4) is 0 Å². The number of para-hydroxylation sites is 3. The van der Waals surface area contributed by atoms with Crippen molar-refractivity contribution in [3.63, 3.8) is 0 Å². The number of anilines is 3. The molecule has 2 amide bonds. The second-order valence-electron chi connectivity index (χ2n) is 10.5. The Labute approximate surface area is 206 Å². The van der Waals surface area contributed by atoms with E-state index in [4.69, 9.17) is 11.6 Å². The maximum Gasteiger partial charge on any atom is 0.244 e. The van der Waals surface area contributed by atoms with Gasteiger partial charge in [0, 0.05) is 12.6 Å². The molecule has 6 nitrogen and oxygen atoms in total. The molecular formula is C27H33ClN4O2. The van der Waals surface area contributed by atoms with Gasteiger partial charge in [0.15, 0.2) is 0 Å². The van der Waals surface area contributed by atoms with Crippen LogP contribution in [0.15, 0.2) is 48.5 Å². The summed E-state index contributed by atoms with van der Waals surface area (Å²) in [4.78, 5) is 26.5. The molecule has 4 aliphatic carbocycles. The fourth-order valence-corrected chi connectivity index (χ4v) is 6.84. The summed E-state index contributed by atoms with van der Waals surface area (Å²) in [5.74, 6) is 2.16. The molecular weight excluding hydrogens is 448 g/mol. The number of benzene rings is 2. The zero-order chi connectivity index (χ0) is 23.7. The van der Waals surface area contributed by atoms with Crippen molar-refractivity contribution in [1.82, 2.24) is 4.90 Å². The van der Waals surface area contributed by atoms with Crippen LogP contribution in [-0.4, -0.2) is 42.4 Å². The van der Waals surface area contributed by atoms with E-state index in [9.17, 15) is 9.59 Å². The first-order valence-electron chi connectivity index (χ1n) is 12.3. The predicted octanol–water partition coefficient (Wildman–Crippen LogP) is 5.23. The van der Waals surface area contributed by atoms with Crippen LogP contribution in [0.2, 0.25) is 5.02 Å². The van der Waals surface area contributed by atoms with Crippen LogP contribution in [0.5, 0.6) is 0 Å². The Kier molecular flexibility index (Phi) is 6.43. The van der Waals surface area contributed by atoms with E-state index in [0.29, 0.717) is 10.7 Å². The van der Waals surface area contributed by atoms with Gasteiger partial charge >= 0.3 is 0 Å². The van der Waals surface area contributed by atoms with E-state index in [-0.39, 0.29) is 30.4 Å². The summed E-state index contributed by atoms with van der Waals surface area (Å²) in [5.41, 5.74) is 2.74. The second-order valence-corrected chi connectivity index (χ2v) is 10.9. The summed E-state index contributed by atoms with van der Waals surface area (Å²) in [6, 6.07) is 15.2. The minimum atomic E-state index is -0.284. The monoisotopic (exact) mass is 480 g/mol. The molecule has 3 N–H and O–H groups in total. The van der Waals surface area contributed by atoms with Crippen molar-refractivity contribution in [3.05, 3.63) is 53.6 Å². The number of nitrogens with one attached hydrogen (secondary N) is 3. The Morgan fingerprint density at radius 3 is 2.09 bits per heavy atom. The summed E-state index contributed by atoms with van der Waals surface area (Å²) >= 11 is 6.10. The first kappa shape index (κ1) is 23.0. The highest BCUT2D eigenvalue weighted by Crippen LogP contribution is 2.56. The molecule has 4 bridgehead atoms. The zero-order valence-electron chi connectivity index (χ0n) is 19.6. The van der Waals surface area contributed by atoms with Gasteiger partial charge in [0.05, 0.1) is 35.2 Å². The van der Waals surface area contributed by atoms with Gasteiger partial charge in [0.2, 0.25) is 11.8 Å². The molecule has 2 aromatic rings. The number of halogens is 1. The van der Waals surface area contributed by atoms with E-state index in [2.05, 4.69) is 22.0 Å². The van der Waals surface area contributed by atoms with Crippen molar-refractivity contribution in [2.75, 3.05) is 36.1 Å². The lowest BCUT2D eigenvalue weighted by Gasteiger charge is -2.57. The van der Waals surface area contributed by atoms with Crippen molar-refractivity contribution in [1.29, 1.82) is 0 Å². The van der Waals surface area contributed by atoms with E-state index >= 15 is 0 Å². The molecule has 34 heavy (non-hydrogen) atoms. The van der Waals surface area contributed by atoms with Crippen LogP contribution >= 0.6 is 11.6 Å². The van der Waals surface area contributed by atoms with Gasteiger partial charge in [-0.1, -0.05) is 35.9 Å². The van der Waals surface area contributed by atoms with Crippen LogP contribution in [0, 0.1) is 17.8 Å². The first-order chi connectivity index (χ1) is 16.4. The Balaban J connectivity index is 1.17. The molecule has 180 valence electrons. The summed E-state index contributed by atoms with van der Waals surface area (Å²) in [7, 11) is 1.63. The van der Waals surface area contributed by atoms with Gasteiger partial charge in [-0.3, -0.25) is 9.59 Å². The van der Waals surface area contributed by atoms with Crippen LogP contribution in [0.1, 0.15) is 38.5 Å². The molecule has 4 saturated carbocycles. The number of hydrogen-bond acceptors (Lipinski definition) is 4. The molecule has 0 radical (unpaired) electrons. The number of carbonyl (C=O) groups is 2. The van der Waals surface area contributed by atoms with Gasteiger partial charge < -0.3 is 20.9 Å². The number of amides is 2. The third kappa shape index (κ3) is 5.02. The minimum absolute atomic E-state index is 0.0427. The average Bonchev–Trinajstić information content (AvgIpc) is 2.78. The highest BCUT2D eigenvalue weighted by molar-refractivity contribution is 6.33. The molecule has 0 spiro atoms. The SMILES string of the molecule is CN(CC(=O)Nc1ccccc1Cl)C(=O)CNc1ccccc1NC12CC3CC(CC(C3)C1)C2. The van der Waals surface area contributed by atoms with Gasteiger partial charge in [0.1, 0.15) is 0 Å². The van der Waals surface area contributed by atoms with Crippen molar-refractivity contribution in [2.24, 2.45) is 17.8 Å². The average molecular weight is 481 g/mol. The summed E-state index contributed by atoms with van der Waals surface area (Å²) < 4.78 is 0. The predicted molar refractivity (Wildman–Crippen MR) is 137 cm³/mol. The van der Waals surface area contributed by atoms with Gasteiger partial charge in [-0.15, -0.1) is 0 Å². The highest BCUT2D eigenvalue weighted by atomic mass is 35.5. The normalized spacial score (nSPS) is 26.7. The topological polar surface area (TPSA) is 73.5 Å². The van der Waals surface area contributed by atoms with Crippen LogP contribution in [0.25, 0.3) is 0 Å². The second kappa shape index (κ2) is 9.49. The third-order valence-corrected chi connectivity index (χ3v) is 8.08. The van der Waals surface area contributed by atoms with E-state index in [0.717, 1.165) is 29.1 Å². The molecule has 0 saturated heterocycles. The molecule has 4 aliphatic rings. The van der Waals surface area contributed by atoms with Crippen LogP contribution in [-0.2, 0) is 9.59 Å². The van der Waals surface area contributed by atoms with Gasteiger partial charge in [-0.25, -0.2) is 0 Å². The number of hydrogen-bond donors (Lipinski definition) is 3. The molecule has 0 aliphatic heterocycles.